The zero-order valence-corrected chi connectivity index (χ0v) is 20.2. The summed E-state index contributed by atoms with van der Waals surface area (Å²) in [5.41, 5.74) is 2.44. The van der Waals surface area contributed by atoms with Crippen molar-refractivity contribution in [2.24, 2.45) is 5.92 Å². The van der Waals surface area contributed by atoms with Gasteiger partial charge in [-0.05, 0) is 73.4 Å². The molecule has 1 aliphatic rings. The molecule has 1 fully saturated rings. The molecule has 1 N–H and O–H groups in total. The van der Waals surface area contributed by atoms with E-state index in [0.717, 1.165) is 42.1 Å². The minimum absolute atomic E-state index is 0.131. The van der Waals surface area contributed by atoms with E-state index in [4.69, 9.17) is 14.2 Å². The number of halogens is 1. The molecular weight excluding hydrogens is 449 g/mol. The fraction of sp³-hybridized carbons (Fsp3) is 0.444. The topological polar surface area (TPSA) is 82.6 Å². The van der Waals surface area contributed by atoms with Gasteiger partial charge in [0.2, 0.25) is 5.88 Å². The van der Waals surface area contributed by atoms with E-state index < -0.39 is 0 Å². The predicted molar refractivity (Wildman–Crippen MR) is 131 cm³/mol. The molecule has 1 aromatic carbocycles. The molecule has 1 amide bonds. The second kappa shape index (κ2) is 12.0. The van der Waals surface area contributed by atoms with Gasteiger partial charge in [0.05, 0.1) is 44.1 Å². The zero-order chi connectivity index (χ0) is 24.6. The molecule has 3 aromatic rings. The van der Waals surface area contributed by atoms with Crippen molar-refractivity contribution >= 4 is 16.8 Å². The van der Waals surface area contributed by atoms with Crippen LogP contribution in [-0.4, -0.2) is 56.0 Å². The van der Waals surface area contributed by atoms with Crippen molar-refractivity contribution in [3.8, 4) is 5.88 Å². The van der Waals surface area contributed by atoms with E-state index in [0.29, 0.717) is 37.2 Å². The monoisotopic (exact) mass is 481 g/mol. The Kier molecular flexibility index (Phi) is 8.60. The molecule has 35 heavy (non-hydrogen) atoms. The summed E-state index contributed by atoms with van der Waals surface area (Å²) in [6, 6.07) is 10.0. The summed E-state index contributed by atoms with van der Waals surface area (Å²) >= 11 is 0. The number of amides is 1. The number of aromatic nitrogens is 2. The highest BCUT2D eigenvalue weighted by molar-refractivity contribution is 5.94. The van der Waals surface area contributed by atoms with Gasteiger partial charge in [0.1, 0.15) is 5.82 Å². The minimum Gasteiger partial charge on any atom is -0.481 e. The lowest BCUT2D eigenvalue weighted by Crippen LogP contribution is -2.44. The third-order valence-electron chi connectivity index (χ3n) is 6.77. The summed E-state index contributed by atoms with van der Waals surface area (Å²) < 4.78 is 29.9. The lowest BCUT2D eigenvalue weighted by molar-refractivity contribution is 0.0422. The van der Waals surface area contributed by atoms with Crippen LogP contribution in [0.3, 0.4) is 0 Å². The lowest BCUT2D eigenvalue weighted by atomic mass is 9.75. The summed E-state index contributed by atoms with van der Waals surface area (Å²) in [7, 11) is 3.17. The van der Waals surface area contributed by atoms with Gasteiger partial charge in [0.15, 0.2) is 0 Å². The normalized spacial score (nSPS) is 18.8. The number of pyridine rings is 2. The molecule has 0 unspecified atom stereocenters. The molecule has 8 heteroatoms. The van der Waals surface area contributed by atoms with E-state index in [1.54, 1.807) is 37.6 Å². The third kappa shape index (κ3) is 6.32. The highest BCUT2D eigenvalue weighted by Crippen LogP contribution is 2.39. The molecule has 1 aliphatic carbocycles. The van der Waals surface area contributed by atoms with Crippen molar-refractivity contribution in [1.82, 2.24) is 15.3 Å². The maximum Gasteiger partial charge on any atom is 0.253 e. The van der Waals surface area contributed by atoms with Gasteiger partial charge in [-0.3, -0.25) is 9.78 Å². The minimum atomic E-state index is -0.246. The second-order valence-electron chi connectivity index (χ2n) is 8.91. The lowest BCUT2D eigenvalue weighted by Gasteiger charge is -2.34. The summed E-state index contributed by atoms with van der Waals surface area (Å²) in [5, 5.41) is 4.05. The summed E-state index contributed by atoms with van der Waals surface area (Å²) in [4.78, 5) is 21.5. The van der Waals surface area contributed by atoms with Gasteiger partial charge < -0.3 is 19.5 Å². The van der Waals surface area contributed by atoms with Crippen molar-refractivity contribution in [3.63, 3.8) is 0 Å². The molecule has 2 heterocycles. The first-order valence-electron chi connectivity index (χ1n) is 12.0. The van der Waals surface area contributed by atoms with Gasteiger partial charge in [-0.15, -0.1) is 0 Å². The van der Waals surface area contributed by atoms with Crippen LogP contribution in [0, 0.1) is 11.7 Å². The largest absolute Gasteiger partial charge is 0.481 e. The summed E-state index contributed by atoms with van der Waals surface area (Å²) in [5.74, 6) is 0.634. The molecule has 1 atom stereocenters. The number of carbonyl (C=O) groups is 1. The zero-order valence-electron chi connectivity index (χ0n) is 20.2. The molecule has 0 aliphatic heterocycles. The Morgan fingerprint density at radius 3 is 2.63 bits per heavy atom. The molecule has 7 nitrogen and oxygen atoms in total. The Labute approximate surface area is 205 Å². The Morgan fingerprint density at radius 2 is 1.91 bits per heavy atom. The van der Waals surface area contributed by atoms with Gasteiger partial charge >= 0.3 is 0 Å². The average Bonchev–Trinajstić information content (AvgIpc) is 2.90. The molecule has 0 bridgehead atoms. The highest BCUT2D eigenvalue weighted by Gasteiger charge is 2.30. The van der Waals surface area contributed by atoms with E-state index in [9.17, 15) is 9.18 Å². The van der Waals surface area contributed by atoms with E-state index in [2.05, 4.69) is 15.3 Å². The number of hydrogen-bond acceptors (Lipinski definition) is 6. The Morgan fingerprint density at radius 1 is 1.09 bits per heavy atom. The van der Waals surface area contributed by atoms with Crippen LogP contribution in [0.4, 0.5) is 4.39 Å². The molecule has 0 radical (unpaired) electrons. The second-order valence-corrected chi connectivity index (χ2v) is 8.91. The van der Waals surface area contributed by atoms with Crippen molar-refractivity contribution in [2.75, 3.05) is 34.0 Å². The number of benzene rings is 1. The van der Waals surface area contributed by atoms with Crippen molar-refractivity contribution < 1.29 is 23.4 Å². The fourth-order valence-corrected chi connectivity index (χ4v) is 4.86. The number of carbonyl (C=O) groups excluding carboxylic acids is 1. The number of nitrogens with one attached hydrogen (secondary N) is 1. The van der Waals surface area contributed by atoms with Crippen LogP contribution in [0.25, 0.3) is 10.9 Å². The number of hydrogen-bond donors (Lipinski definition) is 1. The third-order valence-corrected chi connectivity index (χ3v) is 6.77. The molecule has 186 valence electrons. The number of fused-ring (bicyclic) bond motifs is 1. The highest BCUT2D eigenvalue weighted by atomic mass is 19.1. The number of rotatable bonds is 10. The van der Waals surface area contributed by atoms with Gasteiger partial charge in [0, 0.05) is 31.0 Å². The number of nitrogens with zero attached hydrogens (tertiary/aromatic N) is 2. The van der Waals surface area contributed by atoms with Crippen LogP contribution in [0.2, 0.25) is 0 Å². The molecule has 0 spiro atoms. The Bertz CT molecular complexity index is 1120. The molecule has 2 aromatic heterocycles. The van der Waals surface area contributed by atoms with Gasteiger partial charge in [0.25, 0.3) is 5.91 Å². The van der Waals surface area contributed by atoms with E-state index >= 15 is 0 Å². The van der Waals surface area contributed by atoms with Gasteiger partial charge in [-0.25, -0.2) is 9.37 Å². The predicted octanol–water partition coefficient (Wildman–Crippen LogP) is 4.51. The van der Waals surface area contributed by atoms with Crippen LogP contribution in [-0.2, 0) is 9.47 Å². The summed E-state index contributed by atoms with van der Waals surface area (Å²) in [6.45, 7) is 1.38. The quantitative estimate of drug-likeness (QED) is 0.429. The smallest absolute Gasteiger partial charge is 0.253 e. The standard InChI is InChI=1S/C27H32FN3O4/c1-33-13-14-35-17-25(31-27(32)20-7-10-26(34-2)30-16-20)19-5-3-18(4-6-19)22-11-12-29-24-9-8-21(28)15-23(22)24/h7-12,15-16,18-19,25H,3-6,13-14,17H2,1-2H3,(H,31,32)/t18-,19+,25-/m1/s1. The van der Waals surface area contributed by atoms with E-state index in [-0.39, 0.29) is 23.7 Å². The molecule has 1 saturated carbocycles. The van der Waals surface area contributed by atoms with Gasteiger partial charge in [-0.1, -0.05) is 0 Å². The fourth-order valence-electron chi connectivity index (χ4n) is 4.86. The number of methoxy groups -OCH3 is 2. The SMILES string of the molecule is COCCOC[C@@H](NC(=O)c1ccc(OC)nc1)[C@H]1CC[C@@H](c2ccnc3ccc(F)cc32)CC1. The summed E-state index contributed by atoms with van der Waals surface area (Å²) in [6.07, 6.45) is 7.09. The van der Waals surface area contributed by atoms with Crippen LogP contribution < -0.4 is 10.1 Å². The van der Waals surface area contributed by atoms with E-state index in [1.807, 2.05) is 6.07 Å². The molecule has 4 rings (SSSR count). The maximum atomic E-state index is 13.9. The average molecular weight is 482 g/mol. The first-order valence-corrected chi connectivity index (χ1v) is 12.0. The van der Waals surface area contributed by atoms with Crippen LogP contribution in [0.1, 0.15) is 47.5 Å². The van der Waals surface area contributed by atoms with Gasteiger partial charge in [-0.2, -0.15) is 0 Å². The Balaban J connectivity index is 1.43. The molecule has 0 saturated heterocycles. The van der Waals surface area contributed by atoms with E-state index in [1.165, 1.54) is 19.4 Å². The van der Waals surface area contributed by atoms with Crippen LogP contribution in [0.15, 0.2) is 48.8 Å². The Hall–Kier alpha value is -3.10. The first kappa shape index (κ1) is 25.0. The van der Waals surface area contributed by atoms with Crippen molar-refractivity contribution in [3.05, 3.63) is 65.7 Å². The van der Waals surface area contributed by atoms with Crippen LogP contribution >= 0.6 is 0 Å². The maximum absolute atomic E-state index is 13.9. The molecular formula is C27H32FN3O4. The first-order chi connectivity index (χ1) is 17.1. The van der Waals surface area contributed by atoms with Crippen LogP contribution in [0.5, 0.6) is 5.88 Å². The number of ether oxygens (including phenoxy) is 3. The van der Waals surface area contributed by atoms with Crippen molar-refractivity contribution in [1.29, 1.82) is 0 Å². The van der Waals surface area contributed by atoms with Crippen molar-refractivity contribution in [2.45, 2.75) is 37.6 Å².